The summed E-state index contributed by atoms with van der Waals surface area (Å²) in [6, 6.07) is 5.70. The number of benzene rings is 1. The van der Waals surface area contributed by atoms with Crippen molar-refractivity contribution in [1.29, 1.82) is 0 Å². The molecule has 1 aliphatic rings. The summed E-state index contributed by atoms with van der Waals surface area (Å²) in [5.74, 6) is 0.863. The van der Waals surface area contributed by atoms with Gasteiger partial charge < -0.3 is 14.7 Å². The Bertz CT molecular complexity index is 564. The van der Waals surface area contributed by atoms with Gasteiger partial charge in [0.1, 0.15) is 5.75 Å². The molecule has 0 bridgehead atoms. The molecule has 0 spiro atoms. The molecule has 25 heavy (non-hydrogen) atoms. The van der Waals surface area contributed by atoms with Crippen LogP contribution in [0.3, 0.4) is 0 Å². The lowest BCUT2D eigenvalue weighted by Gasteiger charge is -2.32. The third kappa shape index (κ3) is 5.59. The van der Waals surface area contributed by atoms with E-state index < -0.39 is 0 Å². The Morgan fingerprint density at radius 2 is 2.16 bits per heavy atom. The summed E-state index contributed by atoms with van der Waals surface area (Å²) in [5.41, 5.74) is 0.994. The highest BCUT2D eigenvalue weighted by atomic mass is 35.5. The summed E-state index contributed by atoms with van der Waals surface area (Å²) in [4.78, 5) is 16.1. The molecule has 140 valence electrons. The molecule has 1 heterocycles. The number of hydrogen-bond acceptors (Lipinski definition) is 4. The number of piperidine rings is 1. The van der Waals surface area contributed by atoms with Crippen molar-refractivity contribution in [3.8, 4) is 5.75 Å². The molecule has 1 amide bonds. The Morgan fingerprint density at radius 3 is 2.84 bits per heavy atom. The number of aliphatic hydroxyl groups is 1. The highest BCUT2D eigenvalue weighted by molar-refractivity contribution is 6.32. The number of aliphatic hydroxyl groups excluding tert-OH is 1. The van der Waals surface area contributed by atoms with Crippen LogP contribution >= 0.6 is 11.6 Å². The van der Waals surface area contributed by atoms with Crippen molar-refractivity contribution in [2.45, 2.75) is 33.2 Å². The van der Waals surface area contributed by atoms with Crippen LogP contribution < -0.4 is 4.74 Å². The van der Waals surface area contributed by atoms with E-state index in [1.807, 2.05) is 26.0 Å². The van der Waals surface area contributed by atoms with Gasteiger partial charge >= 0.3 is 0 Å². The molecule has 1 fully saturated rings. The number of carbonyl (C=O) groups excluding carboxylic acids is 1. The molecule has 1 aliphatic heterocycles. The summed E-state index contributed by atoms with van der Waals surface area (Å²) >= 11 is 6.50. The van der Waals surface area contributed by atoms with E-state index in [2.05, 4.69) is 4.90 Å². The Hall–Kier alpha value is -1.30. The molecule has 1 aromatic rings. The smallest absolute Gasteiger partial charge is 0.260 e. The van der Waals surface area contributed by atoms with Crippen molar-refractivity contribution in [3.05, 3.63) is 28.8 Å². The molecule has 2 rings (SSSR count). The predicted molar refractivity (Wildman–Crippen MR) is 100.0 cm³/mol. The van der Waals surface area contributed by atoms with Crippen molar-refractivity contribution in [3.63, 3.8) is 0 Å². The Balaban J connectivity index is 1.98. The van der Waals surface area contributed by atoms with Crippen molar-refractivity contribution in [1.82, 2.24) is 9.80 Å². The quantitative estimate of drug-likeness (QED) is 0.766. The number of halogens is 1. The second kappa shape index (κ2) is 10.00. The highest BCUT2D eigenvalue weighted by Crippen LogP contribution is 2.30. The number of rotatable bonds is 8. The maximum Gasteiger partial charge on any atom is 0.260 e. The van der Waals surface area contributed by atoms with E-state index in [9.17, 15) is 9.90 Å². The first-order chi connectivity index (χ1) is 12.1. The van der Waals surface area contributed by atoms with Crippen LogP contribution in [0.25, 0.3) is 0 Å². The van der Waals surface area contributed by atoms with Gasteiger partial charge in [-0.1, -0.05) is 23.7 Å². The monoisotopic (exact) mass is 368 g/mol. The Morgan fingerprint density at radius 1 is 1.40 bits per heavy atom. The topological polar surface area (TPSA) is 53.0 Å². The predicted octanol–water partition coefficient (Wildman–Crippen LogP) is 2.79. The zero-order chi connectivity index (χ0) is 18.2. The van der Waals surface area contributed by atoms with Crippen LogP contribution in [0.15, 0.2) is 18.2 Å². The first kappa shape index (κ1) is 20.0. The molecule has 1 aromatic carbocycles. The van der Waals surface area contributed by atoms with Crippen molar-refractivity contribution >= 4 is 17.5 Å². The molecule has 0 aromatic heterocycles. The van der Waals surface area contributed by atoms with Crippen molar-refractivity contribution < 1.29 is 14.6 Å². The third-order valence-corrected chi connectivity index (χ3v) is 5.19. The van der Waals surface area contributed by atoms with Crippen LogP contribution in [-0.2, 0) is 11.3 Å². The Kier molecular flexibility index (Phi) is 8.00. The summed E-state index contributed by atoms with van der Waals surface area (Å²) in [6.07, 6.45) is 2.18. The van der Waals surface area contributed by atoms with Gasteiger partial charge in [-0.3, -0.25) is 9.69 Å². The molecule has 0 saturated carbocycles. The van der Waals surface area contributed by atoms with E-state index >= 15 is 0 Å². The minimum absolute atomic E-state index is 0.00114. The lowest BCUT2D eigenvalue weighted by Crippen LogP contribution is -2.36. The van der Waals surface area contributed by atoms with E-state index in [0.717, 1.165) is 38.0 Å². The maximum atomic E-state index is 12.1. The van der Waals surface area contributed by atoms with Gasteiger partial charge in [0.2, 0.25) is 0 Å². The average Bonchev–Trinajstić information content (AvgIpc) is 2.63. The van der Waals surface area contributed by atoms with Gasteiger partial charge in [0.25, 0.3) is 5.91 Å². The molecule has 0 radical (unpaired) electrons. The second-order valence-electron chi connectivity index (χ2n) is 6.51. The fourth-order valence-electron chi connectivity index (χ4n) is 3.28. The van der Waals surface area contributed by atoms with Gasteiger partial charge in [0, 0.05) is 32.8 Å². The summed E-state index contributed by atoms with van der Waals surface area (Å²) in [7, 11) is 0. The standard InChI is InChI=1S/C19H29ClN2O3/c1-3-22(4-2)18(24)14-25-17-9-5-8-16(19(17)20)12-21-10-6-7-15(11-21)13-23/h5,8-9,15,23H,3-4,6-7,10-14H2,1-2H3. The zero-order valence-corrected chi connectivity index (χ0v) is 16.0. The SMILES string of the molecule is CCN(CC)C(=O)COc1cccc(CN2CCCC(CO)C2)c1Cl. The summed E-state index contributed by atoms with van der Waals surface area (Å²) < 4.78 is 5.67. The Labute approximate surface area is 155 Å². The number of ether oxygens (including phenoxy) is 1. The van der Waals surface area contributed by atoms with Crippen molar-refractivity contribution in [2.24, 2.45) is 5.92 Å². The summed E-state index contributed by atoms with van der Waals surface area (Å²) in [6.45, 7) is 8.12. The molecule has 5 nitrogen and oxygen atoms in total. The third-order valence-electron chi connectivity index (χ3n) is 4.77. The molecule has 1 unspecified atom stereocenters. The number of likely N-dealkylation sites (N-methyl/N-ethyl adjacent to an activating group) is 1. The minimum atomic E-state index is -0.0340. The van der Waals surface area contributed by atoms with Crippen LogP contribution in [0.2, 0.25) is 5.02 Å². The lowest BCUT2D eigenvalue weighted by atomic mass is 9.98. The van der Waals surface area contributed by atoms with Crippen LogP contribution in [0.5, 0.6) is 5.75 Å². The highest BCUT2D eigenvalue weighted by Gasteiger charge is 2.20. The summed E-state index contributed by atoms with van der Waals surface area (Å²) in [5, 5.41) is 9.94. The first-order valence-corrected chi connectivity index (χ1v) is 9.47. The minimum Gasteiger partial charge on any atom is -0.482 e. The van der Waals surface area contributed by atoms with Gasteiger partial charge in [-0.05, 0) is 50.8 Å². The number of likely N-dealkylation sites (tertiary alicyclic amines) is 1. The molecule has 1 atom stereocenters. The van der Waals surface area contributed by atoms with Crippen LogP contribution in [0, 0.1) is 5.92 Å². The molecule has 6 heteroatoms. The number of hydrogen-bond donors (Lipinski definition) is 1. The molecular formula is C19H29ClN2O3. The number of amides is 1. The molecule has 1 N–H and O–H groups in total. The number of nitrogens with zero attached hydrogens (tertiary/aromatic N) is 2. The van der Waals surface area contributed by atoms with E-state index in [-0.39, 0.29) is 19.1 Å². The van der Waals surface area contributed by atoms with E-state index in [1.165, 1.54) is 0 Å². The van der Waals surface area contributed by atoms with Crippen LogP contribution in [0.4, 0.5) is 0 Å². The van der Waals surface area contributed by atoms with E-state index in [0.29, 0.717) is 29.8 Å². The first-order valence-electron chi connectivity index (χ1n) is 9.10. The molecule has 1 saturated heterocycles. The van der Waals surface area contributed by atoms with Crippen LogP contribution in [0.1, 0.15) is 32.3 Å². The number of carbonyl (C=O) groups is 1. The van der Waals surface area contributed by atoms with E-state index in [4.69, 9.17) is 16.3 Å². The van der Waals surface area contributed by atoms with Crippen LogP contribution in [-0.4, -0.2) is 60.2 Å². The van der Waals surface area contributed by atoms with Gasteiger partial charge in [0.15, 0.2) is 6.61 Å². The van der Waals surface area contributed by atoms with Gasteiger partial charge in [0.05, 0.1) is 5.02 Å². The largest absolute Gasteiger partial charge is 0.482 e. The average molecular weight is 369 g/mol. The normalized spacial score (nSPS) is 18.2. The van der Waals surface area contributed by atoms with Gasteiger partial charge in [-0.25, -0.2) is 0 Å². The van der Waals surface area contributed by atoms with Crippen molar-refractivity contribution in [2.75, 3.05) is 39.4 Å². The fourth-order valence-corrected chi connectivity index (χ4v) is 3.52. The van der Waals surface area contributed by atoms with E-state index in [1.54, 1.807) is 11.0 Å². The maximum absolute atomic E-state index is 12.1. The van der Waals surface area contributed by atoms with Gasteiger partial charge in [-0.2, -0.15) is 0 Å². The second-order valence-corrected chi connectivity index (χ2v) is 6.89. The molecule has 0 aliphatic carbocycles. The zero-order valence-electron chi connectivity index (χ0n) is 15.2. The molecular weight excluding hydrogens is 340 g/mol. The lowest BCUT2D eigenvalue weighted by molar-refractivity contribution is -0.132. The fraction of sp³-hybridized carbons (Fsp3) is 0.632. The van der Waals surface area contributed by atoms with Gasteiger partial charge in [-0.15, -0.1) is 0 Å².